The Morgan fingerprint density at radius 3 is 2.58 bits per heavy atom. The van der Waals surface area contributed by atoms with Crippen molar-refractivity contribution in [2.75, 3.05) is 5.32 Å². The lowest BCUT2D eigenvalue weighted by atomic mass is 10.2. The molecule has 31 heavy (non-hydrogen) atoms. The Morgan fingerprint density at radius 2 is 1.81 bits per heavy atom. The number of furan rings is 1. The second-order valence-electron chi connectivity index (χ2n) is 6.27. The number of halogens is 3. The van der Waals surface area contributed by atoms with E-state index in [-0.39, 0.29) is 5.11 Å². The van der Waals surface area contributed by atoms with Crippen LogP contribution in [0.25, 0.3) is 27.6 Å². The summed E-state index contributed by atoms with van der Waals surface area (Å²) in [6.07, 6.45) is 2.85. The van der Waals surface area contributed by atoms with Crippen LogP contribution in [0.4, 0.5) is 5.13 Å². The molecule has 4 rings (SSSR count). The minimum absolute atomic E-state index is 0.133. The van der Waals surface area contributed by atoms with Crippen LogP contribution >= 0.6 is 58.4 Å². The molecule has 0 spiro atoms. The van der Waals surface area contributed by atoms with E-state index >= 15 is 0 Å². The fourth-order valence-electron chi connectivity index (χ4n) is 2.69. The number of nitrogens with one attached hydrogen (secondary N) is 2. The number of carbonyl (C=O) groups excluding carboxylic acids is 1. The highest BCUT2D eigenvalue weighted by atomic mass is 35.5. The summed E-state index contributed by atoms with van der Waals surface area (Å²) >= 11 is 24.6. The molecule has 2 aromatic carbocycles. The Balaban J connectivity index is 1.36. The number of fused-ring (bicyclic) bond motifs is 1. The summed E-state index contributed by atoms with van der Waals surface area (Å²) in [7, 11) is 0. The third-order valence-corrected chi connectivity index (χ3v) is 5.79. The van der Waals surface area contributed by atoms with Gasteiger partial charge in [-0.2, -0.15) is 0 Å². The molecule has 2 aromatic heterocycles. The van der Waals surface area contributed by atoms with E-state index in [1.54, 1.807) is 36.4 Å². The van der Waals surface area contributed by atoms with E-state index in [4.69, 9.17) is 51.4 Å². The van der Waals surface area contributed by atoms with Gasteiger partial charge < -0.3 is 9.73 Å². The number of rotatable bonds is 4. The van der Waals surface area contributed by atoms with Crippen LogP contribution in [0.5, 0.6) is 0 Å². The molecule has 1 amide bonds. The smallest absolute Gasteiger partial charge is 0.250 e. The highest BCUT2D eigenvalue weighted by molar-refractivity contribution is 7.80. The molecule has 156 valence electrons. The number of hydrogen-bond acceptors (Lipinski definition) is 5. The van der Waals surface area contributed by atoms with Gasteiger partial charge in [0.2, 0.25) is 5.91 Å². The lowest BCUT2D eigenvalue weighted by Crippen LogP contribution is -2.32. The van der Waals surface area contributed by atoms with Crippen LogP contribution in [0.2, 0.25) is 15.1 Å². The Labute approximate surface area is 201 Å². The molecular formula is C21H12Cl3N3O2S2. The largest absolute Gasteiger partial charge is 0.457 e. The molecule has 0 radical (unpaired) electrons. The van der Waals surface area contributed by atoms with Crippen LogP contribution in [0.15, 0.2) is 59.0 Å². The Hall–Kier alpha value is -2.42. The monoisotopic (exact) mass is 507 g/mol. The van der Waals surface area contributed by atoms with Gasteiger partial charge >= 0.3 is 0 Å². The van der Waals surface area contributed by atoms with Gasteiger partial charge in [0, 0.05) is 26.7 Å². The van der Waals surface area contributed by atoms with Gasteiger partial charge in [-0.25, -0.2) is 4.98 Å². The van der Waals surface area contributed by atoms with Gasteiger partial charge in [-0.3, -0.25) is 10.1 Å². The summed E-state index contributed by atoms with van der Waals surface area (Å²) in [6.45, 7) is 0. The van der Waals surface area contributed by atoms with Crippen molar-refractivity contribution in [3.8, 4) is 11.3 Å². The Bertz CT molecular complexity index is 1310. The molecule has 0 aliphatic heterocycles. The molecule has 10 heteroatoms. The zero-order valence-electron chi connectivity index (χ0n) is 15.5. The molecule has 0 atom stereocenters. The predicted molar refractivity (Wildman–Crippen MR) is 132 cm³/mol. The number of hydrogen-bond donors (Lipinski definition) is 2. The van der Waals surface area contributed by atoms with Crippen molar-refractivity contribution >= 4 is 90.8 Å². The molecule has 2 N–H and O–H groups in total. The summed E-state index contributed by atoms with van der Waals surface area (Å²) in [4.78, 5) is 16.6. The number of anilines is 1. The minimum atomic E-state index is -0.412. The van der Waals surface area contributed by atoms with Crippen molar-refractivity contribution in [2.24, 2.45) is 0 Å². The summed E-state index contributed by atoms with van der Waals surface area (Å²) in [5, 5.41) is 7.80. The molecule has 0 unspecified atom stereocenters. The molecule has 2 heterocycles. The van der Waals surface area contributed by atoms with Crippen molar-refractivity contribution in [1.82, 2.24) is 10.3 Å². The molecule has 0 bridgehead atoms. The first-order valence-corrected chi connectivity index (χ1v) is 11.1. The van der Waals surface area contributed by atoms with Crippen molar-refractivity contribution in [3.63, 3.8) is 0 Å². The number of benzene rings is 2. The first-order chi connectivity index (χ1) is 14.9. The van der Waals surface area contributed by atoms with Crippen LogP contribution < -0.4 is 10.6 Å². The summed E-state index contributed by atoms with van der Waals surface area (Å²) in [6, 6.07) is 14.0. The number of nitrogens with zero attached hydrogens (tertiary/aromatic N) is 1. The average molecular weight is 509 g/mol. The van der Waals surface area contributed by atoms with E-state index in [1.807, 2.05) is 12.1 Å². The standard InChI is InChI=1S/C21H12Cl3N3O2S2/c22-12-1-4-16-18(10-12)31-21(25-16)27-20(30)26-19(28)6-3-15-2-5-17(29-15)11-7-13(23)9-14(24)8-11/h1-10H,(H2,25,26,27,28,30)/b6-3+. The van der Waals surface area contributed by atoms with Crippen molar-refractivity contribution < 1.29 is 9.21 Å². The van der Waals surface area contributed by atoms with E-state index in [0.717, 1.165) is 15.8 Å². The maximum absolute atomic E-state index is 12.2. The highest BCUT2D eigenvalue weighted by Gasteiger charge is 2.09. The highest BCUT2D eigenvalue weighted by Crippen LogP contribution is 2.29. The normalized spacial score (nSPS) is 11.2. The van der Waals surface area contributed by atoms with Crippen LogP contribution in [0.1, 0.15) is 5.76 Å². The lowest BCUT2D eigenvalue weighted by molar-refractivity contribution is -0.115. The Morgan fingerprint density at radius 1 is 1.03 bits per heavy atom. The number of amides is 1. The molecule has 0 aliphatic carbocycles. The topological polar surface area (TPSA) is 67.2 Å². The Kier molecular flexibility index (Phi) is 6.60. The van der Waals surface area contributed by atoms with Gasteiger partial charge in [0.1, 0.15) is 11.5 Å². The van der Waals surface area contributed by atoms with E-state index in [9.17, 15) is 4.79 Å². The third kappa shape index (κ3) is 5.64. The van der Waals surface area contributed by atoms with Gasteiger partial charge in [0.15, 0.2) is 10.2 Å². The van der Waals surface area contributed by atoms with Crippen LogP contribution in [-0.4, -0.2) is 16.0 Å². The maximum Gasteiger partial charge on any atom is 0.250 e. The van der Waals surface area contributed by atoms with Crippen molar-refractivity contribution in [1.29, 1.82) is 0 Å². The number of thiocarbonyl (C=S) groups is 1. The SMILES string of the molecule is O=C(/C=C/c1ccc(-c2cc(Cl)cc(Cl)c2)o1)NC(=S)Nc1nc2ccc(Cl)cc2s1. The average Bonchev–Trinajstić information content (AvgIpc) is 3.31. The third-order valence-electron chi connectivity index (χ3n) is 3.98. The fourth-order valence-corrected chi connectivity index (χ4v) is 4.62. The zero-order chi connectivity index (χ0) is 22.0. The minimum Gasteiger partial charge on any atom is -0.457 e. The first kappa shape index (κ1) is 21.8. The van der Waals surface area contributed by atoms with Gasteiger partial charge in [0.25, 0.3) is 0 Å². The van der Waals surface area contributed by atoms with Gasteiger partial charge in [-0.1, -0.05) is 46.1 Å². The van der Waals surface area contributed by atoms with E-state index in [0.29, 0.717) is 31.7 Å². The summed E-state index contributed by atoms with van der Waals surface area (Å²) < 4.78 is 6.64. The predicted octanol–water partition coefficient (Wildman–Crippen LogP) is 7.04. The number of carbonyl (C=O) groups is 1. The summed E-state index contributed by atoms with van der Waals surface area (Å²) in [5.74, 6) is 0.658. The fraction of sp³-hybridized carbons (Fsp3) is 0. The van der Waals surface area contributed by atoms with Crippen LogP contribution in [-0.2, 0) is 4.79 Å². The molecule has 0 aliphatic rings. The van der Waals surface area contributed by atoms with Crippen LogP contribution in [0.3, 0.4) is 0 Å². The van der Waals surface area contributed by atoms with Crippen molar-refractivity contribution in [3.05, 3.63) is 75.4 Å². The molecule has 0 saturated heterocycles. The second-order valence-corrected chi connectivity index (χ2v) is 9.02. The quantitative estimate of drug-likeness (QED) is 0.228. The zero-order valence-corrected chi connectivity index (χ0v) is 19.4. The van der Waals surface area contributed by atoms with Crippen molar-refractivity contribution in [2.45, 2.75) is 0 Å². The molecule has 0 fully saturated rings. The van der Waals surface area contributed by atoms with Gasteiger partial charge in [-0.05, 0) is 66.8 Å². The molecule has 5 nitrogen and oxygen atoms in total. The number of aromatic nitrogens is 1. The summed E-state index contributed by atoms with van der Waals surface area (Å²) in [5.41, 5.74) is 1.53. The van der Waals surface area contributed by atoms with E-state index < -0.39 is 5.91 Å². The van der Waals surface area contributed by atoms with E-state index in [2.05, 4.69) is 15.6 Å². The van der Waals surface area contributed by atoms with Gasteiger partial charge in [-0.15, -0.1) is 0 Å². The molecule has 4 aromatic rings. The maximum atomic E-state index is 12.2. The number of thiazole rings is 1. The molecule has 0 saturated carbocycles. The lowest BCUT2D eigenvalue weighted by Gasteiger charge is -2.04. The van der Waals surface area contributed by atoms with Crippen LogP contribution in [0, 0.1) is 0 Å². The second kappa shape index (κ2) is 9.38. The van der Waals surface area contributed by atoms with E-state index in [1.165, 1.54) is 23.5 Å². The molecular weight excluding hydrogens is 497 g/mol. The first-order valence-electron chi connectivity index (χ1n) is 8.78. The van der Waals surface area contributed by atoms with Gasteiger partial charge in [0.05, 0.1) is 10.2 Å².